The third-order valence-electron chi connectivity index (χ3n) is 6.26. The Balaban J connectivity index is 1.55. The Morgan fingerprint density at radius 2 is 1.75 bits per heavy atom. The highest BCUT2D eigenvalue weighted by atomic mass is 16.7. The maximum atomic E-state index is 13.0. The predicted molar refractivity (Wildman–Crippen MR) is 135 cm³/mol. The fraction of sp³-hybridized carbons (Fsp3) is 0.321. The Morgan fingerprint density at radius 3 is 2.50 bits per heavy atom. The molecule has 36 heavy (non-hydrogen) atoms. The van der Waals surface area contributed by atoms with Crippen LogP contribution >= 0.6 is 0 Å². The van der Waals surface area contributed by atoms with Crippen molar-refractivity contribution in [1.29, 1.82) is 0 Å². The molecule has 0 radical (unpaired) electrons. The highest BCUT2D eigenvalue weighted by molar-refractivity contribution is 6.04. The van der Waals surface area contributed by atoms with E-state index < -0.39 is 17.9 Å². The number of allylic oxidation sites excluding steroid dienone is 1. The number of carbonyl (C=O) groups is 2. The van der Waals surface area contributed by atoms with Gasteiger partial charge in [-0.25, -0.2) is 4.79 Å². The highest BCUT2D eigenvalue weighted by Gasteiger charge is 2.24. The number of nitrogens with one attached hydrogen (secondary N) is 1. The number of carboxylic acids is 1. The van der Waals surface area contributed by atoms with Gasteiger partial charge in [-0.2, -0.15) is 0 Å². The molecule has 188 valence electrons. The largest absolute Gasteiger partial charge is 0.515 e. The fourth-order valence-electron chi connectivity index (χ4n) is 4.33. The number of carbonyl (C=O) groups excluding carboxylic acids is 1. The summed E-state index contributed by atoms with van der Waals surface area (Å²) in [6.45, 7) is 0.661. The number of aliphatic hydroxyl groups is 1. The minimum absolute atomic E-state index is 0.0106. The number of carboxylic acid groups (broad SMARTS) is 1. The van der Waals surface area contributed by atoms with Crippen LogP contribution in [0.5, 0.6) is 11.5 Å². The lowest BCUT2D eigenvalue weighted by atomic mass is 9.92. The van der Waals surface area contributed by atoms with E-state index in [1.54, 1.807) is 36.4 Å². The van der Waals surface area contributed by atoms with Crippen molar-refractivity contribution < 1.29 is 29.3 Å². The van der Waals surface area contributed by atoms with E-state index in [1.165, 1.54) is 0 Å². The molecule has 2 aromatic carbocycles. The molecule has 1 atom stereocenters. The van der Waals surface area contributed by atoms with Crippen molar-refractivity contribution in [2.45, 2.75) is 51.1 Å². The van der Waals surface area contributed by atoms with E-state index in [-0.39, 0.29) is 12.4 Å². The molecule has 1 aliphatic carbocycles. The van der Waals surface area contributed by atoms with Crippen LogP contribution in [-0.4, -0.2) is 34.6 Å². The minimum atomic E-state index is -1.23. The summed E-state index contributed by atoms with van der Waals surface area (Å²) in [7, 11) is 0. The molecule has 8 nitrogen and oxygen atoms in total. The van der Waals surface area contributed by atoms with Gasteiger partial charge in [-0.15, -0.1) is 0 Å². The smallest absolute Gasteiger partial charge is 0.330 e. The third kappa shape index (κ3) is 6.33. The first-order valence-corrected chi connectivity index (χ1v) is 12.1. The SMILES string of the molecule is O=C(N[C@@H](C(=O)O)c1ccccc1)C(=CO)C=C1CCCCCCC1=NCc1ccc2c(c1)OCO2. The number of rotatable bonds is 7. The van der Waals surface area contributed by atoms with Gasteiger partial charge < -0.3 is 25.0 Å². The molecule has 1 heterocycles. The third-order valence-corrected chi connectivity index (χ3v) is 6.26. The number of ether oxygens (including phenoxy) is 2. The summed E-state index contributed by atoms with van der Waals surface area (Å²) in [6, 6.07) is 13.0. The summed E-state index contributed by atoms with van der Waals surface area (Å²) in [4.78, 5) is 29.6. The molecule has 1 fully saturated rings. The number of hydrogen-bond donors (Lipinski definition) is 3. The van der Waals surface area contributed by atoms with Crippen LogP contribution in [0.2, 0.25) is 0 Å². The Morgan fingerprint density at radius 1 is 1.00 bits per heavy atom. The van der Waals surface area contributed by atoms with E-state index in [4.69, 9.17) is 14.5 Å². The predicted octanol–water partition coefficient (Wildman–Crippen LogP) is 5.02. The number of fused-ring (bicyclic) bond motifs is 1. The van der Waals surface area contributed by atoms with Gasteiger partial charge in [0, 0.05) is 5.71 Å². The number of aliphatic imine (C=N–C) groups is 1. The molecule has 0 bridgehead atoms. The summed E-state index contributed by atoms with van der Waals surface area (Å²) < 4.78 is 10.8. The van der Waals surface area contributed by atoms with Gasteiger partial charge in [-0.1, -0.05) is 49.2 Å². The summed E-state index contributed by atoms with van der Waals surface area (Å²) in [5.41, 5.74) is 3.18. The maximum absolute atomic E-state index is 13.0. The zero-order chi connectivity index (χ0) is 25.3. The molecule has 4 rings (SSSR count). The summed E-state index contributed by atoms with van der Waals surface area (Å²) in [5.74, 6) is -0.429. The first-order valence-electron chi connectivity index (χ1n) is 12.1. The molecular weight excluding hydrogens is 460 g/mol. The second kappa shape index (κ2) is 12.1. The maximum Gasteiger partial charge on any atom is 0.330 e. The first-order chi connectivity index (χ1) is 17.5. The van der Waals surface area contributed by atoms with Crippen LogP contribution in [0.25, 0.3) is 0 Å². The normalized spacial score (nSPS) is 18.9. The van der Waals surface area contributed by atoms with Crippen LogP contribution in [0.15, 0.2) is 77.0 Å². The van der Waals surface area contributed by atoms with Gasteiger partial charge in [0.25, 0.3) is 5.91 Å². The van der Waals surface area contributed by atoms with E-state index in [0.29, 0.717) is 24.3 Å². The highest BCUT2D eigenvalue weighted by Crippen LogP contribution is 2.33. The minimum Gasteiger partial charge on any atom is -0.515 e. The molecule has 0 unspecified atom stereocenters. The van der Waals surface area contributed by atoms with Crippen LogP contribution in [-0.2, 0) is 16.1 Å². The van der Waals surface area contributed by atoms with Crippen molar-refractivity contribution >= 4 is 17.6 Å². The monoisotopic (exact) mass is 490 g/mol. The topological polar surface area (TPSA) is 117 Å². The number of hydrogen-bond acceptors (Lipinski definition) is 6. The average Bonchev–Trinajstić information content (AvgIpc) is 3.34. The van der Waals surface area contributed by atoms with E-state index in [2.05, 4.69) is 5.32 Å². The Labute approximate surface area is 210 Å². The number of benzene rings is 2. The molecule has 3 N–H and O–H groups in total. The van der Waals surface area contributed by atoms with Crippen molar-refractivity contribution in [1.82, 2.24) is 5.32 Å². The van der Waals surface area contributed by atoms with Crippen LogP contribution in [0.4, 0.5) is 0 Å². The summed E-state index contributed by atoms with van der Waals surface area (Å²) >= 11 is 0. The molecule has 1 amide bonds. The molecule has 0 aromatic heterocycles. The van der Waals surface area contributed by atoms with Gasteiger partial charge in [0.2, 0.25) is 6.79 Å². The molecule has 8 heteroatoms. The fourth-order valence-corrected chi connectivity index (χ4v) is 4.33. The number of amides is 1. The van der Waals surface area contributed by atoms with Gasteiger partial charge in [0.15, 0.2) is 17.5 Å². The van der Waals surface area contributed by atoms with E-state index in [9.17, 15) is 19.8 Å². The standard InChI is InChI=1S/C28H30N2O6/c31-17-22(27(32)30-26(28(33)34)20-8-5-3-6-9-20)15-21-10-4-1-2-7-11-23(21)29-16-19-12-13-24-25(14-19)36-18-35-24/h3,5-6,8-9,12-15,17,26,31H,1-2,4,7,10-11,16,18H2,(H,30,32)(H,33,34)/t26-/m1/s1. The lowest BCUT2D eigenvalue weighted by Crippen LogP contribution is -2.34. The number of aliphatic hydroxyl groups excluding tert-OH is 1. The van der Waals surface area contributed by atoms with E-state index in [1.807, 2.05) is 18.2 Å². The molecule has 0 saturated heterocycles. The van der Waals surface area contributed by atoms with E-state index >= 15 is 0 Å². The molecule has 1 saturated carbocycles. The van der Waals surface area contributed by atoms with Gasteiger partial charge in [-0.05, 0) is 60.6 Å². The van der Waals surface area contributed by atoms with Crippen molar-refractivity contribution in [2.75, 3.05) is 6.79 Å². The zero-order valence-electron chi connectivity index (χ0n) is 20.0. The van der Waals surface area contributed by atoms with Crippen molar-refractivity contribution in [3.8, 4) is 11.5 Å². The second-order valence-corrected chi connectivity index (χ2v) is 8.77. The molecule has 1 aliphatic heterocycles. The Hall–Kier alpha value is -4.07. The van der Waals surface area contributed by atoms with Crippen molar-refractivity contribution in [2.24, 2.45) is 4.99 Å². The van der Waals surface area contributed by atoms with Crippen LogP contribution in [0.3, 0.4) is 0 Å². The lowest BCUT2D eigenvalue weighted by molar-refractivity contribution is -0.141. The first kappa shape index (κ1) is 25.0. The van der Waals surface area contributed by atoms with Crippen molar-refractivity contribution in [3.05, 3.63) is 83.1 Å². The molecular formula is C28H30N2O6. The second-order valence-electron chi connectivity index (χ2n) is 8.77. The van der Waals surface area contributed by atoms with Gasteiger partial charge in [0.1, 0.15) is 0 Å². The van der Waals surface area contributed by atoms with Gasteiger partial charge >= 0.3 is 5.97 Å². The summed E-state index contributed by atoms with van der Waals surface area (Å²) in [6.07, 6.45) is 7.93. The average molecular weight is 491 g/mol. The number of nitrogens with zero attached hydrogens (tertiary/aromatic N) is 1. The van der Waals surface area contributed by atoms with Crippen molar-refractivity contribution in [3.63, 3.8) is 0 Å². The van der Waals surface area contributed by atoms with Gasteiger partial charge in [0.05, 0.1) is 18.4 Å². The Bertz CT molecular complexity index is 1190. The van der Waals surface area contributed by atoms with E-state index in [0.717, 1.165) is 61.0 Å². The lowest BCUT2D eigenvalue weighted by Gasteiger charge is -2.18. The summed E-state index contributed by atoms with van der Waals surface area (Å²) in [5, 5.41) is 22.0. The quantitative estimate of drug-likeness (QED) is 0.371. The molecule has 2 aromatic rings. The zero-order valence-corrected chi connectivity index (χ0v) is 20.0. The molecule has 0 spiro atoms. The van der Waals surface area contributed by atoms with Crippen LogP contribution in [0, 0.1) is 0 Å². The van der Waals surface area contributed by atoms with Crippen LogP contribution < -0.4 is 14.8 Å². The number of aliphatic carboxylic acids is 1. The Kier molecular flexibility index (Phi) is 8.39. The van der Waals surface area contributed by atoms with Gasteiger partial charge in [-0.3, -0.25) is 9.79 Å². The molecule has 2 aliphatic rings. The van der Waals surface area contributed by atoms with Crippen LogP contribution in [0.1, 0.15) is 55.7 Å².